The first-order valence-corrected chi connectivity index (χ1v) is 10.9. The van der Waals surface area contributed by atoms with Gasteiger partial charge in [0.2, 0.25) is 0 Å². The van der Waals surface area contributed by atoms with Crippen molar-refractivity contribution in [1.29, 1.82) is 0 Å². The van der Waals surface area contributed by atoms with Crippen LogP contribution in [0.25, 0.3) is 0 Å². The predicted octanol–water partition coefficient (Wildman–Crippen LogP) is 3.74. The van der Waals surface area contributed by atoms with Crippen LogP contribution in [0.1, 0.15) is 45.4 Å². The van der Waals surface area contributed by atoms with Crippen molar-refractivity contribution in [2.45, 2.75) is 57.5 Å². The first-order chi connectivity index (χ1) is 10.8. The largest absolute Gasteiger partial charge is 0.388 e. The van der Waals surface area contributed by atoms with E-state index in [0.29, 0.717) is 0 Å². The van der Waals surface area contributed by atoms with Gasteiger partial charge in [-0.3, -0.25) is 4.90 Å². The highest BCUT2D eigenvalue weighted by Crippen LogP contribution is 2.53. The van der Waals surface area contributed by atoms with Gasteiger partial charge in [-0.25, -0.2) is 0 Å². The summed E-state index contributed by atoms with van der Waals surface area (Å²) in [7, 11) is 0. The van der Waals surface area contributed by atoms with E-state index in [-0.39, 0.29) is 0 Å². The molecule has 1 saturated heterocycles. The zero-order valence-electron chi connectivity index (χ0n) is 14.3. The van der Waals surface area contributed by atoms with Crippen LogP contribution in [0.5, 0.6) is 0 Å². The van der Waals surface area contributed by atoms with Gasteiger partial charge in [0.05, 0.1) is 0 Å². The zero-order chi connectivity index (χ0) is 15.1. The third-order valence-electron chi connectivity index (χ3n) is 6.83. The van der Waals surface area contributed by atoms with Crippen molar-refractivity contribution in [3.05, 3.63) is 11.8 Å². The molecule has 6 unspecified atom stereocenters. The van der Waals surface area contributed by atoms with Crippen LogP contribution >= 0.6 is 11.8 Å². The van der Waals surface area contributed by atoms with Crippen LogP contribution in [0.3, 0.4) is 0 Å². The molecule has 1 N–H and O–H groups in total. The molecule has 0 aromatic heterocycles. The molecule has 0 spiro atoms. The number of nitrogens with one attached hydrogen (secondary N) is 1. The van der Waals surface area contributed by atoms with E-state index in [1.54, 1.807) is 5.57 Å². The lowest BCUT2D eigenvalue weighted by Crippen LogP contribution is -2.57. The molecule has 4 rings (SSSR count). The molecule has 0 bridgehead atoms. The SMILES string of the molecule is CCCN1CC(CSC)CC2C3CCCC4NC=C(CC21)C43. The smallest absolute Gasteiger partial charge is 0.0324 e. The number of piperidine rings is 1. The number of hydrogen-bond donors (Lipinski definition) is 1. The second-order valence-electron chi connectivity index (χ2n) is 8.10. The minimum atomic E-state index is 0.787. The maximum absolute atomic E-state index is 3.74. The Hall–Kier alpha value is -0.150. The topological polar surface area (TPSA) is 15.3 Å². The van der Waals surface area contributed by atoms with E-state index in [0.717, 1.165) is 35.8 Å². The fourth-order valence-electron chi connectivity index (χ4n) is 6.17. The number of rotatable bonds is 4. The first-order valence-electron chi connectivity index (χ1n) is 9.49. The van der Waals surface area contributed by atoms with E-state index < -0.39 is 0 Å². The molecule has 0 amide bonds. The van der Waals surface area contributed by atoms with Gasteiger partial charge >= 0.3 is 0 Å². The van der Waals surface area contributed by atoms with Gasteiger partial charge in [-0.1, -0.05) is 13.3 Å². The van der Waals surface area contributed by atoms with Gasteiger partial charge < -0.3 is 5.32 Å². The van der Waals surface area contributed by atoms with Crippen molar-refractivity contribution in [3.63, 3.8) is 0 Å². The summed E-state index contributed by atoms with van der Waals surface area (Å²) in [4.78, 5) is 2.88. The van der Waals surface area contributed by atoms with Crippen LogP contribution in [0.4, 0.5) is 0 Å². The molecular weight excluding hydrogens is 288 g/mol. The van der Waals surface area contributed by atoms with Gasteiger partial charge in [-0.15, -0.1) is 0 Å². The van der Waals surface area contributed by atoms with Gasteiger partial charge in [-0.2, -0.15) is 11.8 Å². The number of likely N-dealkylation sites (tertiary alicyclic amines) is 1. The van der Waals surface area contributed by atoms with Crippen molar-refractivity contribution in [1.82, 2.24) is 10.2 Å². The average Bonchev–Trinajstić information content (AvgIpc) is 2.94. The van der Waals surface area contributed by atoms with Gasteiger partial charge in [0.15, 0.2) is 0 Å². The molecular formula is C19H32N2S. The Morgan fingerprint density at radius 3 is 3.05 bits per heavy atom. The number of hydrogen-bond acceptors (Lipinski definition) is 3. The molecule has 0 radical (unpaired) electrons. The van der Waals surface area contributed by atoms with E-state index in [1.165, 1.54) is 57.4 Å². The van der Waals surface area contributed by atoms with Crippen molar-refractivity contribution < 1.29 is 0 Å². The summed E-state index contributed by atoms with van der Waals surface area (Å²) in [5.74, 6) is 5.14. The molecule has 0 aromatic carbocycles. The average molecular weight is 321 g/mol. The molecule has 2 heterocycles. The highest BCUT2D eigenvalue weighted by atomic mass is 32.2. The summed E-state index contributed by atoms with van der Waals surface area (Å²) in [6.07, 6.45) is 13.2. The zero-order valence-corrected chi connectivity index (χ0v) is 15.1. The molecule has 3 heteroatoms. The quantitative estimate of drug-likeness (QED) is 0.849. The van der Waals surface area contributed by atoms with Crippen LogP contribution in [0.15, 0.2) is 11.8 Å². The van der Waals surface area contributed by atoms with Gasteiger partial charge in [0.1, 0.15) is 0 Å². The van der Waals surface area contributed by atoms with E-state index in [1.807, 2.05) is 0 Å². The predicted molar refractivity (Wildman–Crippen MR) is 96.1 cm³/mol. The molecule has 0 aromatic rings. The molecule has 6 atom stereocenters. The van der Waals surface area contributed by atoms with Crippen molar-refractivity contribution in [2.75, 3.05) is 25.1 Å². The second-order valence-corrected chi connectivity index (χ2v) is 9.01. The van der Waals surface area contributed by atoms with E-state index in [2.05, 4.69) is 41.4 Å². The van der Waals surface area contributed by atoms with Crippen molar-refractivity contribution in [3.8, 4) is 0 Å². The van der Waals surface area contributed by atoms with Crippen LogP contribution < -0.4 is 5.32 Å². The molecule has 3 fully saturated rings. The normalized spacial score (nSPS) is 44.0. The lowest BCUT2D eigenvalue weighted by Gasteiger charge is -2.54. The van der Waals surface area contributed by atoms with Crippen LogP contribution in [-0.4, -0.2) is 42.1 Å². The lowest BCUT2D eigenvalue weighted by atomic mass is 9.58. The Bertz CT molecular complexity index is 435. The summed E-state index contributed by atoms with van der Waals surface area (Å²) in [5.41, 5.74) is 1.78. The van der Waals surface area contributed by atoms with Gasteiger partial charge in [0.25, 0.3) is 0 Å². The molecule has 2 aliphatic heterocycles. The van der Waals surface area contributed by atoms with Crippen LogP contribution in [-0.2, 0) is 0 Å². The minimum Gasteiger partial charge on any atom is -0.388 e. The highest BCUT2D eigenvalue weighted by molar-refractivity contribution is 7.98. The summed E-state index contributed by atoms with van der Waals surface area (Å²) in [5, 5.41) is 3.74. The number of fused-ring (bicyclic) bond motifs is 2. The monoisotopic (exact) mass is 320 g/mol. The third kappa shape index (κ3) is 2.53. The summed E-state index contributed by atoms with van der Waals surface area (Å²) < 4.78 is 0. The summed E-state index contributed by atoms with van der Waals surface area (Å²) in [6.45, 7) is 5.02. The lowest BCUT2D eigenvalue weighted by molar-refractivity contribution is -0.0150. The highest BCUT2D eigenvalue weighted by Gasteiger charge is 2.51. The maximum Gasteiger partial charge on any atom is 0.0324 e. The Morgan fingerprint density at radius 2 is 2.23 bits per heavy atom. The van der Waals surface area contributed by atoms with Crippen LogP contribution in [0.2, 0.25) is 0 Å². The second kappa shape index (κ2) is 6.39. The molecule has 22 heavy (non-hydrogen) atoms. The standard InChI is InChI=1S/C19H32N2S/c1-3-7-21-11-13(12-22-2)8-16-15-5-4-6-17-19(15)14(10-20-17)9-18(16)21/h10,13,15-20H,3-9,11-12H2,1-2H3. The Labute approximate surface area is 140 Å². The molecule has 124 valence electrons. The van der Waals surface area contributed by atoms with Crippen LogP contribution in [0, 0.1) is 23.7 Å². The van der Waals surface area contributed by atoms with Gasteiger partial charge in [-0.05, 0) is 80.2 Å². The number of nitrogens with zero attached hydrogens (tertiary/aromatic N) is 1. The fourth-order valence-corrected chi connectivity index (χ4v) is 6.89. The van der Waals surface area contributed by atoms with E-state index >= 15 is 0 Å². The maximum atomic E-state index is 3.74. The van der Waals surface area contributed by atoms with E-state index in [9.17, 15) is 0 Å². The minimum absolute atomic E-state index is 0.787. The fraction of sp³-hybridized carbons (Fsp3) is 0.895. The van der Waals surface area contributed by atoms with E-state index in [4.69, 9.17) is 0 Å². The van der Waals surface area contributed by atoms with Crippen molar-refractivity contribution in [2.24, 2.45) is 23.7 Å². The number of thioether (sulfide) groups is 1. The Balaban J connectivity index is 1.60. The Kier molecular flexibility index (Phi) is 4.47. The molecule has 2 nitrogen and oxygen atoms in total. The molecule has 4 aliphatic rings. The summed E-state index contributed by atoms with van der Waals surface area (Å²) >= 11 is 2.06. The van der Waals surface area contributed by atoms with Gasteiger partial charge in [0, 0.05) is 24.5 Å². The molecule has 2 aliphatic carbocycles. The first kappa shape index (κ1) is 15.4. The molecule has 2 saturated carbocycles. The Morgan fingerprint density at radius 1 is 1.32 bits per heavy atom. The third-order valence-corrected chi connectivity index (χ3v) is 7.63. The van der Waals surface area contributed by atoms with Crippen molar-refractivity contribution >= 4 is 11.8 Å². The summed E-state index contributed by atoms with van der Waals surface area (Å²) in [6, 6.07) is 1.64.